The highest BCUT2D eigenvalue weighted by molar-refractivity contribution is 6.00. The molecule has 166 valence electrons. The van der Waals surface area contributed by atoms with Crippen molar-refractivity contribution >= 4 is 27.8 Å². The quantitative estimate of drug-likeness (QED) is 0.372. The number of furan rings is 1. The van der Waals surface area contributed by atoms with Crippen LogP contribution in [-0.4, -0.2) is 54.2 Å². The third-order valence-corrected chi connectivity index (χ3v) is 6.18. The summed E-state index contributed by atoms with van der Waals surface area (Å²) in [5.74, 6) is 0.807. The van der Waals surface area contributed by atoms with Gasteiger partial charge in [-0.15, -0.1) is 0 Å². The van der Waals surface area contributed by atoms with Crippen molar-refractivity contribution in [2.24, 2.45) is 5.73 Å². The Bertz CT molecular complexity index is 1640. The van der Waals surface area contributed by atoms with Crippen LogP contribution in [0.25, 0.3) is 55.8 Å². The second kappa shape index (κ2) is 7.22. The zero-order valence-electron chi connectivity index (χ0n) is 17.9. The molecule has 0 spiro atoms. The molecule has 0 aliphatic carbocycles. The fraction of sp³-hybridized carbons (Fsp3) is 0.125. The predicted octanol–water partition coefficient (Wildman–Crippen LogP) is 3.37. The van der Waals surface area contributed by atoms with Gasteiger partial charge in [0.05, 0.1) is 48.0 Å². The minimum atomic E-state index is 0.188. The van der Waals surface area contributed by atoms with Gasteiger partial charge >= 0.3 is 0 Å². The summed E-state index contributed by atoms with van der Waals surface area (Å²) in [6, 6.07) is 8.15. The lowest BCUT2D eigenvalue weighted by Gasteiger charge is -2.37. The van der Waals surface area contributed by atoms with E-state index in [4.69, 9.17) is 15.1 Å². The molecule has 4 N–H and O–H groups in total. The monoisotopic (exact) mass is 449 g/mol. The Kier molecular flexibility index (Phi) is 4.02. The molecular weight excluding hydrogens is 430 g/mol. The summed E-state index contributed by atoms with van der Waals surface area (Å²) in [5.41, 5.74) is 12.6. The number of hydrogen-bond donors (Lipinski definition) is 3. The van der Waals surface area contributed by atoms with E-state index < -0.39 is 0 Å². The molecule has 0 amide bonds. The lowest BCUT2D eigenvalue weighted by Crippen LogP contribution is -2.56. The number of aromatic nitrogens is 7. The molecule has 34 heavy (non-hydrogen) atoms. The molecule has 10 nitrogen and oxygen atoms in total. The van der Waals surface area contributed by atoms with Crippen LogP contribution in [0.5, 0.6) is 0 Å². The third kappa shape index (κ3) is 2.96. The van der Waals surface area contributed by atoms with Crippen LogP contribution in [0.4, 0.5) is 5.82 Å². The summed E-state index contributed by atoms with van der Waals surface area (Å²) >= 11 is 0. The van der Waals surface area contributed by atoms with E-state index in [1.54, 1.807) is 37.3 Å². The maximum atomic E-state index is 5.92. The molecule has 1 aliphatic heterocycles. The average molecular weight is 449 g/mol. The molecule has 1 saturated heterocycles. The van der Waals surface area contributed by atoms with Gasteiger partial charge in [-0.1, -0.05) is 0 Å². The maximum Gasteiger partial charge on any atom is 0.147 e. The zero-order valence-corrected chi connectivity index (χ0v) is 17.9. The normalized spacial score (nSPS) is 14.2. The van der Waals surface area contributed by atoms with E-state index in [-0.39, 0.29) is 6.04 Å². The number of H-pyrrole nitrogens is 2. The lowest BCUT2D eigenvalue weighted by atomic mass is 10.1. The highest BCUT2D eigenvalue weighted by Gasteiger charge is 2.25. The van der Waals surface area contributed by atoms with Crippen LogP contribution in [0, 0.1) is 0 Å². The topological polar surface area (TPSA) is 138 Å². The molecule has 6 aromatic heterocycles. The zero-order chi connectivity index (χ0) is 22.6. The highest BCUT2D eigenvalue weighted by Crippen LogP contribution is 2.34. The molecule has 6 aromatic rings. The van der Waals surface area contributed by atoms with Gasteiger partial charge in [-0.05, 0) is 29.8 Å². The van der Waals surface area contributed by atoms with Crippen LogP contribution in [0.3, 0.4) is 0 Å². The fourth-order valence-electron chi connectivity index (χ4n) is 4.42. The van der Waals surface area contributed by atoms with E-state index in [9.17, 15) is 0 Å². The minimum absolute atomic E-state index is 0.188. The fourth-order valence-corrected chi connectivity index (χ4v) is 4.42. The third-order valence-electron chi connectivity index (χ3n) is 6.18. The molecule has 7 rings (SSSR count). The molecular formula is C24H19N9O. The largest absolute Gasteiger partial charge is 0.472 e. The first-order chi connectivity index (χ1) is 16.7. The van der Waals surface area contributed by atoms with Gasteiger partial charge in [0, 0.05) is 41.7 Å². The second-order valence-electron chi connectivity index (χ2n) is 8.43. The van der Waals surface area contributed by atoms with E-state index in [2.05, 4.69) is 41.1 Å². The highest BCUT2D eigenvalue weighted by atomic mass is 16.3. The summed E-state index contributed by atoms with van der Waals surface area (Å²) in [5, 5.41) is 9.57. The molecule has 0 bridgehead atoms. The van der Waals surface area contributed by atoms with Gasteiger partial charge in [0.25, 0.3) is 0 Å². The number of rotatable bonds is 4. The molecule has 0 unspecified atom stereocenters. The van der Waals surface area contributed by atoms with Crippen LogP contribution in [-0.2, 0) is 0 Å². The van der Waals surface area contributed by atoms with Crippen molar-refractivity contribution in [3.05, 3.63) is 61.6 Å². The summed E-state index contributed by atoms with van der Waals surface area (Å²) in [6.07, 6.45) is 10.4. The summed E-state index contributed by atoms with van der Waals surface area (Å²) in [4.78, 5) is 23.7. The van der Waals surface area contributed by atoms with Gasteiger partial charge in [0.2, 0.25) is 0 Å². The second-order valence-corrected chi connectivity index (χ2v) is 8.43. The maximum absolute atomic E-state index is 5.92. The van der Waals surface area contributed by atoms with Crippen LogP contribution in [0.1, 0.15) is 0 Å². The lowest BCUT2D eigenvalue weighted by molar-refractivity contribution is 0.514. The first-order valence-corrected chi connectivity index (χ1v) is 10.9. The van der Waals surface area contributed by atoms with Crippen LogP contribution < -0.4 is 10.6 Å². The number of nitrogens with zero attached hydrogens (tertiary/aromatic N) is 6. The molecule has 0 aromatic carbocycles. The summed E-state index contributed by atoms with van der Waals surface area (Å²) in [6.45, 7) is 1.57. The standard InChI is InChI=1S/C24H19N9O/c25-14-10-33(11-14)22-9-26-7-21(29-22)18-6-17-20(8-28-18)31-32-23(17)19-5-16-15(13-2-4-34-12-13)1-3-27-24(16)30-19/h1-9,12,14H,10-11,25H2,(H,27,30)(H,31,32). The van der Waals surface area contributed by atoms with Gasteiger partial charge in [-0.2, -0.15) is 5.10 Å². The van der Waals surface area contributed by atoms with Crippen molar-refractivity contribution in [1.29, 1.82) is 0 Å². The van der Waals surface area contributed by atoms with Crippen molar-refractivity contribution in [3.8, 4) is 33.9 Å². The summed E-state index contributed by atoms with van der Waals surface area (Å²) in [7, 11) is 0. The number of nitrogens with one attached hydrogen (secondary N) is 2. The van der Waals surface area contributed by atoms with Crippen molar-refractivity contribution in [2.75, 3.05) is 18.0 Å². The summed E-state index contributed by atoms with van der Waals surface area (Å²) < 4.78 is 5.27. The molecule has 0 radical (unpaired) electrons. The minimum Gasteiger partial charge on any atom is -0.472 e. The first kappa shape index (κ1) is 18.9. The Morgan fingerprint density at radius 3 is 2.82 bits per heavy atom. The van der Waals surface area contributed by atoms with Crippen LogP contribution in [0.15, 0.2) is 66.0 Å². The van der Waals surface area contributed by atoms with Gasteiger partial charge in [-0.25, -0.2) is 9.97 Å². The number of pyridine rings is 2. The molecule has 10 heteroatoms. The van der Waals surface area contributed by atoms with Gasteiger partial charge in [-0.3, -0.25) is 15.1 Å². The Morgan fingerprint density at radius 1 is 1.03 bits per heavy atom. The average Bonchev–Trinajstić information content (AvgIpc) is 3.60. The Labute approximate surface area is 192 Å². The van der Waals surface area contributed by atoms with Crippen molar-refractivity contribution in [3.63, 3.8) is 0 Å². The SMILES string of the molecule is NC1CN(c2cncc(-c3cc4c(-c5cc6c(-c7ccoc7)ccnc6[nH]5)n[nH]c4cn3)n2)C1. The van der Waals surface area contributed by atoms with Crippen molar-refractivity contribution in [2.45, 2.75) is 6.04 Å². The smallest absolute Gasteiger partial charge is 0.147 e. The van der Waals surface area contributed by atoms with E-state index >= 15 is 0 Å². The van der Waals surface area contributed by atoms with E-state index in [1.807, 2.05) is 18.2 Å². The van der Waals surface area contributed by atoms with Crippen LogP contribution >= 0.6 is 0 Å². The number of fused-ring (bicyclic) bond motifs is 2. The molecule has 7 heterocycles. The molecule has 1 fully saturated rings. The Balaban J connectivity index is 1.31. The number of hydrogen-bond acceptors (Lipinski definition) is 8. The van der Waals surface area contributed by atoms with E-state index in [1.165, 1.54) is 0 Å². The van der Waals surface area contributed by atoms with E-state index in [0.717, 1.165) is 69.1 Å². The first-order valence-electron chi connectivity index (χ1n) is 10.9. The number of anilines is 1. The van der Waals surface area contributed by atoms with Crippen molar-refractivity contribution in [1.82, 2.24) is 35.1 Å². The van der Waals surface area contributed by atoms with Gasteiger partial charge < -0.3 is 20.0 Å². The Morgan fingerprint density at radius 2 is 1.97 bits per heavy atom. The Hall–Kier alpha value is -4.57. The van der Waals surface area contributed by atoms with E-state index in [0.29, 0.717) is 5.69 Å². The number of nitrogens with two attached hydrogens (primary N) is 1. The molecule has 1 aliphatic rings. The molecule has 0 saturated carbocycles. The van der Waals surface area contributed by atoms with Crippen molar-refractivity contribution < 1.29 is 4.42 Å². The molecule has 0 atom stereocenters. The van der Waals surface area contributed by atoms with Gasteiger partial charge in [0.15, 0.2) is 0 Å². The van der Waals surface area contributed by atoms with Gasteiger partial charge in [0.1, 0.15) is 22.9 Å². The predicted molar refractivity (Wildman–Crippen MR) is 128 cm³/mol. The number of aromatic amines is 2. The van der Waals surface area contributed by atoms with Crippen LogP contribution in [0.2, 0.25) is 0 Å².